The Labute approximate surface area is 289 Å². The summed E-state index contributed by atoms with van der Waals surface area (Å²) >= 11 is 0. The molecule has 6 rings (SSSR count). The highest BCUT2D eigenvalue weighted by Crippen LogP contribution is 2.46. The van der Waals surface area contributed by atoms with Crippen LogP contribution >= 0.6 is 0 Å². The van der Waals surface area contributed by atoms with Crippen molar-refractivity contribution in [2.75, 3.05) is 0 Å². The van der Waals surface area contributed by atoms with Crippen LogP contribution in [0.1, 0.15) is 231 Å². The van der Waals surface area contributed by atoms with Crippen LogP contribution in [0.4, 0.5) is 0 Å². The predicted molar refractivity (Wildman–Crippen MR) is 201 cm³/mol. The Bertz CT molecular complexity index is 798. The molecule has 46 heavy (non-hydrogen) atoms. The summed E-state index contributed by atoms with van der Waals surface area (Å²) in [6, 6.07) is 0. The molecular formula is C46H82. The van der Waals surface area contributed by atoms with E-state index in [1.54, 1.807) is 193 Å². The quantitative estimate of drug-likeness (QED) is 0.249. The monoisotopic (exact) mass is 635 g/mol. The van der Waals surface area contributed by atoms with Gasteiger partial charge in [0.2, 0.25) is 0 Å². The Morgan fingerprint density at radius 3 is 0.457 bits per heavy atom. The summed E-state index contributed by atoms with van der Waals surface area (Å²) in [4.78, 5) is 0. The third kappa shape index (κ3) is 11.0. The van der Waals surface area contributed by atoms with Crippen LogP contribution in [0.25, 0.3) is 0 Å². The highest BCUT2D eigenvalue weighted by Gasteiger charge is 2.34. The molecule has 0 spiro atoms. The first kappa shape index (κ1) is 35.8. The first-order valence-electron chi connectivity index (χ1n) is 22.8. The topological polar surface area (TPSA) is 0 Å². The molecule has 0 amide bonds. The molecule has 6 aliphatic rings. The maximum atomic E-state index is 1.61. The number of rotatable bonds is 0. The molecule has 0 aromatic carbocycles. The molecule has 0 heteroatoms. The molecule has 0 radical (unpaired) electrons. The second-order valence-corrected chi connectivity index (χ2v) is 19.0. The van der Waals surface area contributed by atoms with Crippen LogP contribution in [-0.2, 0) is 0 Å². The fourth-order valence-corrected chi connectivity index (χ4v) is 13.5. The Hall–Kier alpha value is 0. The summed E-state index contributed by atoms with van der Waals surface area (Å²) in [6.45, 7) is 0. The van der Waals surface area contributed by atoms with E-state index in [1.807, 2.05) is 0 Å². The van der Waals surface area contributed by atoms with Crippen molar-refractivity contribution in [1.82, 2.24) is 0 Å². The van der Waals surface area contributed by atoms with Gasteiger partial charge < -0.3 is 0 Å². The van der Waals surface area contributed by atoms with Crippen LogP contribution in [0.3, 0.4) is 0 Å². The van der Waals surface area contributed by atoms with Crippen LogP contribution in [0.2, 0.25) is 0 Å². The summed E-state index contributed by atoms with van der Waals surface area (Å²) in [5, 5.41) is 0. The van der Waals surface area contributed by atoms with Gasteiger partial charge >= 0.3 is 0 Å². The first-order valence-corrected chi connectivity index (χ1v) is 22.8. The van der Waals surface area contributed by atoms with Gasteiger partial charge in [-0.15, -0.1) is 0 Å². The molecule has 10 atom stereocenters. The van der Waals surface area contributed by atoms with Crippen LogP contribution in [0, 0.1) is 59.2 Å². The van der Waals surface area contributed by atoms with Crippen LogP contribution in [-0.4, -0.2) is 0 Å². The zero-order valence-electron chi connectivity index (χ0n) is 31.2. The van der Waals surface area contributed by atoms with Crippen molar-refractivity contribution in [3.63, 3.8) is 0 Å². The summed E-state index contributed by atoms with van der Waals surface area (Å²) in [5.41, 5.74) is 0. The standard InChI is InChI=1S/C46H82/c1-3-7-17-37-21-11-12-22-39-23-13-25-40-26-15-30-45-35-32-42-20-10-6-2-4-8-18-38(42)24-14-29-46(45)36-34-44(40)28-16-27-43(39)33-31-41(37)19-9-5-1/h37-46H,1-36H2. The number of fused-ring (bicyclic) bond motifs is 5. The Morgan fingerprint density at radius 2 is 0.239 bits per heavy atom. The molecule has 6 fully saturated rings. The maximum Gasteiger partial charge on any atom is -0.0386 e. The van der Waals surface area contributed by atoms with E-state index in [4.69, 9.17) is 0 Å². The van der Waals surface area contributed by atoms with Crippen molar-refractivity contribution in [1.29, 1.82) is 0 Å². The second-order valence-electron chi connectivity index (χ2n) is 19.0. The van der Waals surface area contributed by atoms with E-state index in [9.17, 15) is 0 Å². The fourth-order valence-electron chi connectivity index (χ4n) is 13.5. The highest BCUT2D eigenvalue weighted by atomic mass is 14.4. The highest BCUT2D eigenvalue weighted by molar-refractivity contribution is 4.85. The van der Waals surface area contributed by atoms with Crippen LogP contribution in [0.15, 0.2) is 0 Å². The van der Waals surface area contributed by atoms with Gasteiger partial charge in [-0.3, -0.25) is 0 Å². The van der Waals surface area contributed by atoms with Gasteiger partial charge in [-0.05, 0) is 97.7 Å². The minimum absolute atomic E-state index is 1.07. The molecule has 6 saturated carbocycles. The lowest BCUT2D eigenvalue weighted by Gasteiger charge is -2.36. The van der Waals surface area contributed by atoms with E-state index in [0.29, 0.717) is 0 Å². The molecule has 0 heterocycles. The average molecular weight is 635 g/mol. The fraction of sp³-hybridized carbons (Fsp3) is 1.00. The van der Waals surface area contributed by atoms with E-state index < -0.39 is 0 Å². The predicted octanol–water partition coefficient (Wildman–Crippen LogP) is 15.3. The SMILES string of the molecule is C1CCCC2CCCCC3CCCC4CCCC5CCC6CCCCCCCC6CCCC5CCC4CCCC3CCC2CCC1. The van der Waals surface area contributed by atoms with Crippen molar-refractivity contribution in [2.24, 2.45) is 59.2 Å². The number of hydrogen-bond acceptors (Lipinski definition) is 0. The molecule has 6 aliphatic carbocycles. The minimum Gasteiger partial charge on any atom is -0.0533 e. The van der Waals surface area contributed by atoms with Crippen molar-refractivity contribution in [2.45, 2.75) is 231 Å². The van der Waals surface area contributed by atoms with Crippen molar-refractivity contribution in [3.05, 3.63) is 0 Å². The summed E-state index contributed by atoms with van der Waals surface area (Å²) in [5.74, 6) is 10.8. The zero-order valence-corrected chi connectivity index (χ0v) is 31.2. The third-order valence-electron chi connectivity index (χ3n) is 16.4. The lowest BCUT2D eigenvalue weighted by atomic mass is 9.70. The molecular weight excluding hydrogens is 553 g/mol. The van der Waals surface area contributed by atoms with Crippen LogP contribution in [0.5, 0.6) is 0 Å². The minimum atomic E-state index is 1.07. The zero-order chi connectivity index (χ0) is 31.2. The molecule has 0 N–H and O–H groups in total. The van der Waals surface area contributed by atoms with Gasteiger partial charge in [0.25, 0.3) is 0 Å². The van der Waals surface area contributed by atoms with Crippen molar-refractivity contribution in [3.8, 4) is 0 Å². The average Bonchev–Trinajstić information content (AvgIpc) is 3.33. The van der Waals surface area contributed by atoms with E-state index in [2.05, 4.69) is 0 Å². The van der Waals surface area contributed by atoms with E-state index in [-0.39, 0.29) is 0 Å². The summed E-state index contributed by atoms with van der Waals surface area (Å²) in [7, 11) is 0. The summed E-state index contributed by atoms with van der Waals surface area (Å²) < 4.78 is 0. The molecule has 10 unspecified atom stereocenters. The molecule has 0 saturated heterocycles. The van der Waals surface area contributed by atoms with Gasteiger partial charge in [-0.2, -0.15) is 0 Å². The van der Waals surface area contributed by atoms with Crippen molar-refractivity contribution >= 4 is 0 Å². The normalized spacial score (nSPS) is 42.3. The smallest absolute Gasteiger partial charge is 0.0386 e. The van der Waals surface area contributed by atoms with Crippen LogP contribution < -0.4 is 0 Å². The second kappa shape index (κ2) is 20.0. The lowest BCUT2D eigenvalue weighted by molar-refractivity contribution is 0.155. The van der Waals surface area contributed by atoms with E-state index in [1.165, 1.54) is 38.5 Å². The van der Waals surface area contributed by atoms with Gasteiger partial charge in [0, 0.05) is 0 Å². The molecule has 0 aliphatic heterocycles. The Balaban J connectivity index is 1.06. The van der Waals surface area contributed by atoms with Crippen molar-refractivity contribution < 1.29 is 0 Å². The third-order valence-corrected chi connectivity index (χ3v) is 16.4. The Kier molecular flexibility index (Phi) is 15.6. The number of hydrogen-bond donors (Lipinski definition) is 0. The first-order chi connectivity index (χ1) is 22.8. The maximum absolute atomic E-state index is 1.61. The van der Waals surface area contributed by atoms with Gasteiger partial charge in [0.05, 0.1) is 0 Å². The molecule has 266 valence electrons. The molecule has 0 nitrogen and oxygen atoms in total. The lowest BCUT2D eigenvalue weighted by Crippen LogP contribution is -2.24. The van der Waals surface area contributed by atoms with Gasteiger partial charge in [0.1, 0.15) is 0 Å². The molecule has 0 aromatic heterocycles. The van der Waals surface area contributed by atoms with E-state index in [0.717, 1.165) is 59.2 Å². The molecule has 0 bridgehead atoms. The van der Waals surface area contributed by atoms with Gasteiger partial charge in [-0.1, -0.05) is 193 Å². The molecule has 0 aromatic rings. The van der Waals surface area contributed by atoms with Gasteiger partial charge in [0.15, 0.2) is 0 Å². The Morgan fingerprint density at radius 1 is 0.109 bits per heavy atom. The summed E-state index contributed by atoms with van der Waals surface area (Å²) in [6.07, 6.45) is 56.6. The largest absolute Gasteiger partial charge is 0.0533 e. The van der Waals surface area contributed by atoms with Gasteiger partial charge in [-0.25, -0.2) is 0 Å². The van der Waals surface area contributed by atoms with E-state index >= 15 is 0 Å².